The lowest BCUT2D eigenvalue weighted by atomic mass is 10.0. The Morgan fingerprint density at radius 1 is 1.19 bits per heavy atom. The van der Waals surface area contributed by atoms with Gasteiger partial charge in [0.15, 0.2) is 0 Å². The summed E-state index contributed by atoms with van der Waals surface area (Å²) in [6.45, 7) is 2.11. The molecule has 0 saturated heterocycles. The first-order valence-corrected chi connectivity index (χ1v) is 9.39. The van der Waals surface area contributed by atoms with E-state index >= 15 is 0 Å². The highest BCUT2D eigenvalue weighted by atomic mass is 16.2. The molecule has 4 rings (SSSR count). The molecule has 0 aromatic carbocycles. The molecule has 1 aliphatic carbocycles. The van der Waals surface area contributed by atoms with Crippen LogP contribution in [0, 0.1) is 5.92 Å². The lowest BCUT2D eigenvalue weighted by molar-refractivity contribution is -0.132. The zero-order valence-electron chi connectivity index (χ0n) is 14.9. The summed E-state index contributed by atoms with van der Waals surface area (Å²) < 4.78 is 3.34. The summed E-state index contributed by atoms with van der Waals surface area (Å²) in [5.41, 5.74) is 0.590. The van der Waals surface area contributed by atoms with E-state index in [2.05, 4.69) is 15.1 Å². The van der Waals surface area contributed by atoms with Crippen LogP contribution < -0.4 is 5.56 Å². The molecule has 0 bridgehead atoms. The minimum atomic E-state index is -0.0600. The summed E-state index contributed by atoms with van der Waals surface area (Å²) in [6.07, 6.45) is 9.27. The molecule has 0 radical (unpaired) electrons. The van der Waals surface area contributed by atoms with Crippen LogP contribution >= 0.6 is 0 Å². The van der Waals surface area contributed by atoms with E-state index < -0.39 is 0 Å². The quantitative estimate of drug-likeness (QED) is 0.821. The van der Waals surface area contributed by atoms with E-state index in [1.165, 1.54) is 19.2 Å². The summed E-state index contributed by atoms with van der Waals surface area (Å²) in [5, 5.41) is 4.06. The number of nitrogens with zero attached hydrogens (tertiary/aromatic N) is 6. The van der Waals surface area contributed by atoms with Gasteiger partial charge in [0.25, 0.3) is 5.56 Å². The highest BCUT2D eigenvalue weighted by Crippen LogP contribution is 2.28. The van der Waals surface area contributed by atoms with Gasteiger partial charge in [-0.05, 0) is 25.2 Å². The minimum absolute atomic E-state index is 0.0600. The van der Waals surface area contributed by atoms with Gasteiger partial charge in [0, 0.05) is 25.6 Å². The van der Waals surface area contributed by atoms with Crippen LogP contribution in [0.5, 0.6) is 0 Å². The Balaban J connectivity index is 1.53. The lowest BCUT2D eigenvalue weighted by Gasteiger charge is -2.22. The molecule has 1 aliphatic heterocycles. The standard InChI is InChI=1S/C18H24N6O2/c25-17(8-14-4-1-2-5-14)22-6-3-7-24-16(11-22)21-15(9-18(24)26)10-23-13-19-12-20-23/h9,12-14H,1-8,10-11H2. The first-order chi connectivity index (χ1) is 12.7. The first kappa shape index (κ1) is 16.9. The SMILES string of the molecule is O=C(CC1CCCC1)N1CCCn2c(nc(Cn3cncn3)cc2=O)C1. The van der Waals surface area contributed by atoms with E-state index in [1.54, 1.807) is 21.6 Å². The summed E-state index contributed by atoms with van der Waals surface area (Å²) in [5.74, 6) is 1.39. The number of carbonyl (C=O) groups is 1. The van der Waals surface area contributed by atoms with Gasteiger partial charge in [-0.15, -0.1) is 0 Å². The molecular formula is C18H24N6O2. The monoisotopic (exact) mass is 356 g/mol. The van der Waals surface area contributed by atoms with Crippen molar-refractivity contribution in [2.45, 2.75) is 58.2 Å². The van der Waals surface area contributed by atoms with Gasteiger partial charge in [0.05, 0.1) is 18.8 Å². The first-order valence-electron chi connectivity index (χ1n) is 9.39. The van der Waals surface area contributed by atoms with Gasteiger partial charge in [-0.3, -0.25) is 14.2 Å². The van der Waals surface area contributed by atoms with Gasteiger partial charge in [-0.1, -0.05) is 12.8 Å². The third-order valence-corrected chi connectivity index (χ3v) is 5.36. The summed E-state index contributed by atoms with van der Waals surface area (Å²) in [7, 11) is 0. The van der Waals surface area contributed by atoms with Gasteiger partial charge >= 0.3 is 0 Å². The van der Waals surface area contributed by atoms with Gasteiger partial charge in [0.1, 0.15) is 18.5 Å². The normalized spacial score (nSPS) is 17.9. The summed E-state index contributed by atoms with van der Waals surface area (Å²) >= 11 is 0. The Kier molecular flexibility index (Phi) is 4.81. The van der Waals surface area contributed by atoms with E-state index in [0.29, 0.717) is 50.0 Å². The number of fused-ring (bicyclic) bond motifs is 1. The molecule has 26 heavy (non-hydrogen) atoms. The van der Waals surface area contributed by atoms with Gasteiger partial charge in [-0.25, -0.2) is 14.6 Å². The van der Waals surface area contributed by atoms with E-state index in [-0.39, 0.29) is 11.5 Å². The Morgan fingerprint density at radius 3 is 2.81 bits per heavy atom. The second-order valence-electron chi connectivity index (χ2n) is 7.27. The topological polar surface area (TPSA) is 85.9 Å². The van der Waals surface area contributed by atoms with Crippen LogP contribution in [0.15, 0.2) is 23.5 Å². The van der Waals surface area contributed by atoms with Crippen molar-refractivity contribution in [1.82, 2.24) is 29.2 Å². The molecule has 138 valence electrons. The van der Waals surface area contributed by atoms with Crippen LogP contribution in [0.3, 0.4) is 0 Å². The summed E-state index contributed by atoms with van der Waals surface area (Å²) in [6, 6.07) is 1.56. The van der Waals surface area contributed by atoms with Gasteiger partial charge in [-0.2, -0.15) is 5.10 Å². The van der Waals surface area contributed by atoms with Crippen LogP contribution in [0.2, 0.25) is 0 Å². The third kappa shape index (κ3) is 3.68. The number of hydrogen-bond donors (Lipinski definition) is 0. The fourth-order valence-corrected chi connectivity index (χ4v) is 4.00. The average Bonchev–Trinajstić information content (AvgIpc) is 3.26. The highest BCUT2D eigenvalue weighted by Gasteiger charge is 2.25. The average molecular weight is 356 g/mol. The van der Waals surface area contributed by atoms with Crippen molar-refractivity contribution in [2.24, 2.45) is 5.92 Å². The van der Waals surface area contributed by atoms with Crippen LogP contribution in [-0.2, 0) is 24.4 Å². The van der Waals surface area contributed by atoms with Crippen molar-refractivity contribution in [2.75, 3.05) is 6.54 Å². The van der Waals surface area contributed by atoms with Crippen molar-refractivity contribution >= 4 is 5.91 Å². The van der Waals surface area contributed by atoms with E-state index in [0.717, 1.165) is 19.3 Å². The third-order valence-electron chi connectivity index (χ3n) is 5.36. The number of amides is 1. The second-order valence-corrected chi connectivity index (χ2v) is 7.27. The second kappa shape index (κ2) is 7.39. The zero-order chi connectivity index (χ0) is 17.9. The molecule has 2 aromatic rings. The van der Waals surface area contributed by atoms with Crippen molar-refractivity contribution in [3.8, 4) is 0 Å². The molecule has 0 spiro atoms. The highest BCUT2D eigenvalue weighted by molar-refractivity contribution is 5.76. The number of aromatic nitrogens is 5. The van der Waals surface area contributed by atoms with E-state index in [9.17, 15) is 9.59 Å². The molecule has 1 fully saturated rings. The predicted molar refractivity (Wildman–Crippen MR) is 94.2 cm³/mol. The van der Waals surface area contributed by atoms with Crippen LogP contribution in [0.4, 0.5) is 0 Å². The summed E-state index contributed by atoms with van der Waals surface area (Å²) in [4.78, 5) is 35.7. The molecule has 0 N–H and O–H groups in total. The zero-order valence-corrected chi connectivity index (χ0v) is 14.9. The Bertz CT molecular complexity index is 823. The maximum atomic E-state index is 12.7. The van der Waals surface area contributed by atoms with Crippen LogP contribution in [0.1, 0.15) is 50.0 Å². The molecule has 0 unspecified atom stereocenters. The lowest BCUT2D eigenvalue weighted by Crippen LogP contribution is -2.33. The Labute approximate surface area is 151 Å². The molecule has 0 atom stereocenters. The fraction of sp³-hybridized carbons (Fsp3) is 0.611. The fourth-order valence-electron chi connectivity index (χ4n) is 4.00. The largest absolute Gasteiger partial charge is 0.335 e. The van der Waals surface area contributed by atoms with Gasteiger partial charge in [0.2, 0.25) is 5.91 Å². The van der Waals surface area contributed by atoms with Crippen molar-refractivity contribution in [1.29, 1.82) is 0 Å². The van der Waals surface area contributed by atoms with E-state index in [4.69, 9.17) is 0 Å². The number of hydrogen-bond acceptors (Lipinski definition) is 5. The molecule has 2 aliphatic rings. The maximum Gasteiger partial charge on any atom is 0.253 e. The van der Waals surface area contributed by atoms with Crippen LogP contribution in [-0.4, -0.2) is 41.7 Å². The Hall–Kier alpha value is -2.51. The Morgan fingerprint density at radius 2 is 2.04 bits per heavy atom. The number of carbonyl (C=O) groups excluding carboxylic acids is 1. The molecule has 8 heteroatoms. The van der Waals surface area contributed by atoms with Crippen molar-refractivity contribution in [3.63, 3.8) is 0 Å². The maximum absolute atomic E-state index is 12.7. The molecule has 1 saturated carbocycles. The van der Waals surface area contributed by atoms with Crippen molar-refractivity contribution in [3.05, 3.63) is 40.6 Å². The molecule has 3 heterocycles. The van der Waals surface area contributed by atoms with Crippen molar-refractivity contribution < 1.29 is 4.79 Å². The van der Waals surface area contributed by atoms with Crippen LogP contribution in [0.25, 0.3) is 0 Å². The number of rotatable bonds is 4. The minimum Gasteiger partial charge on any atom is -0.335 e. The molecule has 1 amide bonds. The molecular weight excluding hydrogens is 332 g/mol. The predicted octanol–water partition coefficient (Wildman–Crippen LogP) is 1.20. The van der Waals surface area contributed by atoms with E-state index in [1.807, 2.05) is 4.90 Å². The molecule has 2 aromatic heterocycles. The molecule has 8 nitrogen and oxygen atoms in total. The van der Waals surface area contributed by atoms with Gasteiger partial charge < -0.3 is 4.90 Å². The smallest absolute Gasteiger partial charge is 0.253 e.